The molecule has 1 N–H and O–H groups in total. The van der Waals surface area contributed by atoms with Gasteiger partial charge in [-0.2, -0.15) is 0 Å². The molecule has 2 amide bonds. The van der Waals surface area contributed by atoms with Crippen LogP contribution in [0.2, 0.25) is 0 Å². The largest absolute Gasteiger partial charge is 0.465 e. The second-order valence-corrected chi connectivity index (χ2v) is 2.10. The molecule has 0 rings (SSSR count). The summed E-state index contributed by atoms with van der Waals surface area (Å²) in [6.07, 6.45) is -2.25. The van der Waals surface area contributed by atoms with Crippen LogP contribution in [0.4, 0.5) is 9.59 Å². The van der Waals surface area contributed by atoms with Crippen molar-refractivity contribution in [3.05, 3.63) is 12.3 Å². The van der Waals surface area contributed by atoms with E-state index in [1.54, 1.807) is 0 Å². The first-order valence-corrected chi connectivity index (χ1v) is 3.36. The van der Waals surface area contributed by atoms with Crippen LogP contribution in [0.15, 0.2) is 12.3 Å². The number of carboxylic acid groups (broad SMARTS) is 1. The molecule has 0 unspecified atom stereocenters. The summed E-state index contributed by atoms with van der Waals surface area (Å²) < 4.78 is 4.48. The van der Waals surface area contributed by atoms with E-state index in [-0.39, 0.29) is 12.3 Å². The van der Waals surface area contributed by atoms with Crippen molar-refractivity contribution in [2.24, 2.45) is 0 Å². The minimum Gasteiger partial charge on any atom is -0.465 e. The number of allylic oxidation sites excluding steroid dienone is 1. The van der Waals surface area contributed by atoms with Gasteiger partial charge in [-0.3, -0.25) is 0 Å². The van der Waals surface area contributed by atoms with Gasteiger partial charge in [-0.15, -0.1) is 0 Å². The van der Waals surface area contributed by atoms with Crippen molar-refractivity contribution in [1.82, 2.24) is 4.90 Å². The monoisotopic (exact) mass is 173 g/mol. The summed E-state index contributed by atoms with van der Waals surface area (Å²) in [4.78, 5) is 21.8. The summed E-state index contributed by atoms with van der Waals surface area (Å²) in [6.45, 7) is 6.37. The average Bonchev–Trinajstić information content (AvgIpc) is 1.85. The SMILES string of the molecule is C=C(C)OC(=O)N(CC)C(=O)O. The van der Waals surface area contributed by atoms with E-state index in [2.05, 4.69) is 11.3 Å². The summed E-state index contributed by atoms with van der Waals surface area (Å²) in [7, 11) is 0. The van der Waals surface area contributed by atoms with Gasteiger partial charge < -0.3 is 9.84 Å². The molecule has 0 atom stereocenters. The van der Waals surface area contributed by atoms with Crippen LogP contribution in [-0.2, 0) is 4.74 Å². The van der Waals surface area contributed by atoms with E-state index in [0.717, 1.165) is 0 Å². The molecule has 68 valence electrons. The maximum absolute atomic E-state index is 10.9. The maximum atomic E-state index is 10.9. The number of rotatable bonds is 2. The van der Waals surface area contributed by atoms with Crippen LogP contribution in [0.25, 0.3) is 0 Å². The van der Waals surface area contributed by atoms with Gasteiger partial charge in [-0.25, -0.2) is 14.5 Å². The number of nitrogens with zero attached hydrogens (tertiary/aromatic N) is 1. The zero-order valence-corrected chi connectivity index (χ0v) is 7.03. The fourth-order valence-electron chi connectivity index (χ4n) is 0.547. The van der Waals surface area contributed by atoms with Gasteiger partial charge in [0.2, 0.25) is 0 Å². The molecule has 0 spiro atoms. The number of ether oxygens (including phenoxy) is 1. The number of imide groups is 1. The molecular formula is C7H11NO4. The van der Waals surface area contributed by atoms with Gasteiger partial charge >= 0.3 is 12.2 Å². The highest BCUT2D eigenvalue weighted by molar-refractivity contribution is 5.86. The highest BCUT2D eigenvalue weighted by atomic mass is 16.6. The van der Waals surface area contributed by atoms with Gasteiger partial charge in [0.25, 0.3) is 0 Å². The van der Waals surface area contributed by atoms with Crippen molar-refractivity contribution in [3.63, 3.8) is 0 Å². The highest BCUT2D eigenvalue weighted by Gasteiger charge is 2.19. The lowest BCUT2D eigenvalue weighted by Crippen LogP contribution is -2.35. The van der Waals surface area contributed by atoms with Gasteiger partial charge in [0.05, 0.1) is 5.76 Å². The van der Waals surface area contributed by atoms with E-state index in [4.69, 9.17) is 5.11 Å². The van der Waals surface area contributed by atoms with E-state index in [9.17, 15) is 9.59 Å². The number of hydrogen-bond acceptors (Lipinski definition) is 3. The first-order valence-electron chi connectivity index (χ1n) is 3.36. The standard InChI is InChI=1S/C7H11NO4/c1-4-8(6(9)10)7(11)12-5(2)3/h2,4H2,1,3H3,(H,9,10). The zero-order valence-electron chi connectivity index (χ0n) is 7.03. The van der Waals surface area contributed by atoms with E-state index in [1.165, 1.54) is 13.8 Å². The van der Waals surface area contributed by atoms with Crippen LogP contribution < -0.4 is 0 Å². The fourth-order valence-corrected chi connectivity index (χ4v) is 0.547. The Hall–Kier alpha value is -1.52. The summed E-state index contributed by atoms with van der Waals surface area (Å²) in [5.74, 6) is 0.166. The lowest BCUT2D eigenvalue weighted by molar-refractivity contribution is 0.115. The third-order valence-corrected chi connectivity index (χ3v) is 1.03. The van der Waals surface area contributed by atoms with Crippen LogP contribution in [0, 0.1) is 0 Å². The minimum absolute atomic E-state index is 0.0570. The van der Waals surface area contributed by atoms with Crippen molar-refractivity contribution in [1.29, 1.82) is 0 Å². The number of hydrogen-bond donors (Lipinski definition) is 1. The van der Waals surface area contributed by atoms with Crippen molar-refractivity contribution in [2.45, 2.75) is 13.8 Å². The van der Waals surface area contributed by atoms with Crippen LogP contribution >= 0.6 is 0 Å². The molecule has 0 radical (unpaired) electrons. The number of carbonyl (C=O) groups excluding carboxylic acids is 1. The molecule has 0 fully saturated rings. The second kappa shape index (κ2) is 4.38. The molecule has 0 aliphatic rings. The Bertz CT molecular complexity index is 211. The molecule has 0 aliphatic heterocycles. The summed E-state index contributed by atoms with van der Waals surface area (Å²) >= 11 is 0. The Morgan fingerprint density at radius 2 is 2.08 bits per heavy atom. The predicted octanol–water partition coefficient (Wildman–Crippen LogP) is 1.66. The van der Waals surface area contributed by atoms with Gasteiger partial charge in [-0.05, 0) is 13.8 Å². The third-order valence-electron chi connectivity index (χ3n) is 1.03. The number of amides is 2. The topological polar surface area (TPSA) is 66.8 Å². The van der Waals surface area contributed by atoms with Crippen LogP contribution in [0.1, 0.15) is 13.8 Å². The molecule has 0 heterocycles. The van der Waals surface area contributed by atoms with E-state index < -0.39 is 12.2 Å². The zero-order chi connectivity index (χ0) is 9.72. The molecule has 5 nitrogen and oxygen atoms in total. The number of carbonyl (C=O) groups is 2. The lowest BCUT2D eigenvalue weighted by atomic mass is 10.6. The van der Waals surface area contributed by atoms with E-state index in [1.807, 2.05) is 0 Å². The van der Waals surface area contributed by atoms with Crippen LogP contribution in [-0.4, -0.2) is 28.7 Å². The lowest BCUT2D eigenvalue weighted by Gasteiger charge is -2.13. The molecule has 12 heavy (non-hydrogen) atoms. The van der Waals surface area contributed by atoms with Crippen molar-refractivity contribution >= 4 is 12.2 Å². The Balaban J connectivity index is 4.22. The van der Waals surface area contributed by atoms with E-state index >= 15 is 0 Å². The second-order valence-electron chi connectivity index (χ2n) is 2.10. The highest BCUT2D eigenvalue weighted by Crippen LogP contribution is 1.99. The Labute approximate surface area is 70.2 Å². The molecular weight excluding hydrogens is 162 g/mol. The van der Waals surface area contributed by atoms with Gasteiger partial charge in [-0.1, -0.05) is 6.58 Å². The molecule has 0 bridgehead atoms. The molecule has 0 aromatic heterocycles. The quantitative estimate of drug-likeness (QED) is 0.645. The summed E-state index contributed by atoms with van der Waals surface area (Å²) in [5, 5.41) is 8.45. The molecule has 0 aliphatic carbocycles. The summed E-state index contributed by atoms with van der Waals surface area (Å²) in [6, 6.07) is 0. The molecule has 0 aromatic rings. The van der Waals surface area contributed by atoms with Crippen molar-refractivity contribution < 1.29 is 19.4 Å². The van der Waals surface area contributed by atoms with Crippen LogP contribution in [0.5, 0.6) is 0 Å². The molecule has 0 saturated carbocycles. The molecule has 5 heteroatoms. The maximum Gasteiger partial charge on any atom is 0.424 e. The Morgan fingerprint density at radius 1 is 1.58 bits per heavy atom. The molecule has 0 aromatic carbocycles. The van der Waals surface area contributed by atoms with Crippen molar-refractivity contribution in [3.8, 4) is 0 Å². The Morgan fingerprint density at radius 3 is 2.33 bits per heavy atom. The minimum atomic E-state index is -1.33. The van der Waals surface area contributed by atoms with E-state index in [0.29, 0.717) is 4.90 Å². The fraction of sp³-hybridized carbons (Fsp3) is 0.429. The molecule has 0 saturated heterocycles. The van der Waals surface area contributed by atoms with Gasteiger partial charge in [0.1, 0.15) is 0 Å². The predicted molar refractivity (Wildman–Crippen MR) is 41.7 cm³/mol. The normalized spacial score (nSPS) is 8.83. The van der Waals surface area contributed by atoms with Gasteiger partial charge in [0.15, 0.2) is 0 Å². The van der Waals surface area contributed by atoms with Gasteiger partial charge in [0, 0.05) is 6.54 Å². The van der Waals surface area contributed by atoms with Crippen LogP contribution in [0.3, 0.4) is 0 Å². The smallest absolute Gasteiger partial charge is 0.424 e. The third kappa shape index (κ3) is 3.05. The first-order chi connectivity index (χ1) is 5.49. The summed E-state index contributed by atoms with van der Waals surface area (Å²) in [5.41, 5.74) is 0. The van der Waals surface area contributed by atoms with Crippen molar-refractivity contribution in [2.75, 3.05) is 6.54 Å². The average molecular weight is 173 g/mol. The first kappa shape index (κ1) is 10.5. The Kier molecular flexibility index (Phi) is 3.82.